The van der Waals surface area contributed by atoms with Crippen molar-refractivity contribution in [3.05, 3.63) is 29.8 Å². The summed E-state index contributed by atoms with van der Waals surface area (Å²) in [6.45, 7) is 7.66. The number of anilines is 1. The number of hydrogen-bond acceptors (Lipinski definition) is 3. The van der Waals surface area contributed by atoms with Crippen molar-refractivity contribution in [3.63, 3.8) is 0 Å². The third kappa shape index (κ3) is 6.98. The van der Waals surface area contributed by atoms with Gasteiger partial charge in [-0.3, -0.25) is 4.79 Å². The molecular formula is C18H31Cl2N3O. The van der Waals surface area contributed by atoms with Gasteiger partial charge in [0.2, 0.25) is 5.91 Å². The van der Waals surface area contributed by atoms with Crippen molar-refractivity contribution in [2.24, 2.45) is 11.7 Å². The first-order chi connectivity index (χ1) is 10.6. The van der Waals surface area contributed by atoms with E-state index in [0.717, 1.165) is 25.1 Å². The van der Waals surface area contributed by atoms with Crippen LogP contribution in [0.15, 0.2) is 24.3 Å². The van der Waals surface area contributed by atoms with Crippen LogP contribution in [0.2, 0.25) is 0 Å². The first kappa shape index (κ1) is 23.2. The second kappa shape index (κ2) is 11.7. The highest BCUT2D eigenvalue weighted by atomic mass is 35.5. The van der Waals surface area contributed by atoms with Crippen molar-refractivity contribution >= 4 is 36.4 Å². The van der Waals surface area contributed by atoms with Crippen molar-refractivity contribution in [1.29, 1.82) is 0 Å². The Morgan fingerprint density at radius 2 is 1.79 bits per heavy atom. The lowest BCUT2D eigenvalue weighted by Gasteiger charge is -2.18. The molecular weight excluding hydrogens is 345 g/mol. The van der Waals surface area contributed by atoms with Crippen LogP contribution in [0.5, 0.6) is 0 Å². The summed E-state index contributed by atoms with van der Waals surface area (Å²) in [7, 11) is 0. The maximum Gasteiger partial charge on any atom is 0.241 e. The van der Waals surface area contributed by atoms with E-state index in [1.165, 1.54) is 31.5 Å². The van der Waals surface area contributed by atoms with Crippen LogP contribution in [0.4, 0.5) is 5.69 Å². The molecule has 2 rings (SSSR count). The van der Waals surface area contributed by atoms with Gasteiger partial charge >= 0.3 is 0 Å². The molecule has 138 valence electrons. The van der Waals surface area contributed by atoms with Gasteiger partial charge < -0.3 is 16.0 Å². The zero-order valence-electron chi connectivity index (χ0n) is 14.7. The second-order valence-electron chi connectivity index (χ2n) is 6.40. The van der Waals surface area contributed by atoms with Crippen LogP contribution < -0.4 is 11.1 Å². The van der Waals surface area contributed by atoms with Crippen LogP contribution in [-0.4, -0.2) is 36.5 Å². The third-order valence-corrected chi connectivity index (χ3v) is 4.70. The van der Waals surface area contributed by atoms with Crippen molar-refractivity contribution in [1.82, 2.24) is 4.90 Å². The van der Waals surface area contributed by atoms with Gasteiger partial charge in [-0.05, 0) is 56.0 Å². The van der Waals surface area contributed by atoms with Gasteiger partial charge in [0.05, 0.1) is 6.04 Å². The number of benzene rings is 1. The van der Waals surface area contributed by atoms with Gasteiger partial charge in [0.1, 0.15) is 0 Å². The summed E-state index contributed by atoms with van der Waals surface area (Å²) in [5, 5.41) is 2.91. The van der Waals surface area contributed by atoms with E-state index < -0.39 is 6.04 Å². The molecule has 0 spiro atoms. The number of halogens is 2. The van der Waals surface area contributed by atoms with Gasteiger partial charge in [0.15, 0.2) is 0 Å². The van der Waals surface area contributed by atoms with E-state index in [2.05, 4.69) is 22.3 Å². The molecule has 3 N–H and O–H groups in total. The number of amides is 1. The monoisotopic (exact) mass is 375 g/mol. The molecule has 0 radical (unpaired) electrons. The van der Waals surface area contributed by atoms with Crippen LogP contribution >= 0.6 is 24.8 Å². The van der Waals surface area contributed by atoms with Crippen LogP contribution in [0.1, 0.15) is 38.7 Å². The number of nitrogens with two attached hydrogens (primary N) is 1. The summed E-state index contributed by atoms with van der Waals surface area (Å²) in [5.74, 6) is 0.0962. The van der Waals surface area contributed by atoms with Crippen molar-refractivity contribution < 1.29 is 4.79 Å². The Labute approximate surface area is 158 Å². The molecule has 1 fully saturated rings. The Balaban J connectivity index is 0.00000264. The van der Waals surface area contributed by atoms with Gasteiger partial charge in [0, 0.05) is 12.2 Å². The zero-order chi connectivity index (χ0) is 15.9. The maximum atomic E-state index is 12.1. The molecule has 1 heterocycles. The molecule has 1 amide bonds. The van der Waals surface area contributed by atoms with E-state index in [-0.39, 0.29) is 36.6 Å². The number of carbonyl (C=O) groups is 1. The zero-order valence-corrected chi connectivity index (χ0v) is 16.3. The van der Waals surface area contributed by atoms with E-state index in [9.17, 15) is 4.79 Å². The van der Waals surface area contributed by atoms with E-state index >= 15 is 0 Å². The van der Waals surface area contributed by atoms with Gasteiger partial charge in [-0.25, -0.2) is 0 Å². The van der Waals surface area contributed by atoms with Gasteiger partial charge in [-0.1, -0.05) is 32.4 Å². The molecule has 1 aliphatic rings. The Morgan fingerprint density at radius 3 is 2.33 bits per heavy atom. The summed E-state index contributed by atoms with van der Waals surface area (Å²) < 4.78 is 0. The average Bonchev–Trinajstić information content (AvgIpc) is 3.06. The highest BCUT2D eigenvalue weighted by molar-refractivity contribution is 5.94. The normalized spacial score (nSPS) is 16.6. The van der Waals surface area contributed by atoms with Crippen molar-refractivity contribution in [3.8, 4) is 0 Å². The lowest BCUT2D eigenvalue weighted by molar-refractivity contribution is -0.118. The van der Waals surface area contributed by atoms with Crippen molar-refractivity contribution in [2.45, 2.75) is 45.6 Å². The average molecular weight is 376 g/mol. The minimum atomic E-state index is -0.445. The molecule has 0 saturated carbocycles. The molecule has 1 aromatic rings. The fraction of sp³-hybridized carbons (Fsp3) is 0.611. The first-order valence-electron chi connectivity index (χ1n) is 8.48. The molecule has 24 heavy (non-hydrogen) atoms. The molecule has 0 aromatic heterocycles. The topological polar surface area (TPSA) is 58.4 Å². The third-order valence-electron chi connectivity index (χ3n) is 4.70. The Kier molecular flexibility index (Phi) is 11.3. The smallest absolute Gasteiger partial charge is 0.241 e. The number of hydrogen-bond donors (Lipinski definition) is 2. The highest BCUT2D eigenvalue weighted by Crippen LogP contribution is 2.14. The number of nitrogens with one attached hydrogen (secondary N) is 1. The van der Waals surface area contributed by atoms with Gasteiger partial charge in [0.25, 0.3) is 0 Å². The van der Waals surface area contributed by atoms with E-state index in [1.807, 2.05) is 26.0 Å². The predicted molar refractivity (Wildman–Crippen MR) is 106 cm³/mol. The Morgan fingerprint density at radius 1 is 1.21 bits per heavy atom. The summed E-state index contributed by atoms with van der Waals surface area (Å²) in [6, 6.07) is 7.70. The fourth-order valence-electron chi connectivity index (χ4n) is 2.79. The van der Waals surface area contributed by atoms with Crippen molar-refractivity contribution in [2.75, 3.05) is 25.0 Å². The second-order valence-corrected chi connectivity index (χ2v) is 6.40. The lowest BCUT2D eigenvalue weighted by Crippen LogP contribution is -2.40. The summed E-state index contributed by atoms with van der Waals surface area (Å²) in [6.07, 6.45) is 4.65. The standard InChI is InChI=1S/C18H29N3O.2ClH/c1-3-14(2)17(19)18(22)20-16-8-6-15(7-9-16)10-13-21-11-4-5-12-21;;/h6-9,14,17H,3-5,10-13,19H2,1-2H3,(H,20,22);2*1H. The minimum absolute atomic E-state index is 0. The van der Waals surface area contributed by atoms with Gasteiger partial charge in [-0.2, -0.15) is 0 Å². The molecule has 1 saturated heterocycles. The summed E-state index contributed by atoms with van der Waals surface area (Å²) in [5.41, 5.74) is 8.09. The maximum absolute atomic E-state index is 12.1. The molecule has 1 aromatic carbocycles. The predicted octanol–water partition coefficient (Wildman–Crippen LogP) is 3.48. The van der Waals surface area contributed by atoms with Gasteiger partial charge in [-0.15, -0.1) is 24.8 Å². The quantitative estimate of drug-likeness (QED) is 0.766. The largest absolute Gasteiger partial charge is 0.325 e. The SMILES string of the molecule is CCC(C)C(N)C(=O)Nc1ccc(CCN2CCCC2)cc1.Cl.Cl. The van der Waals surface area contributed by atoms with Crippen LogP contribution in [0.25, 0.3) is 0 Å². The number of rotatable bonds is 7. The molecule has 0 aliphatic carbocycles. The number of likely N-dealkylation sites (tertiary alicyclic amines) is 1. The van der Waals surface area contributed by atoms with E-state index in [4.69, 9.17) is 5.73 Å². The van der Waals surface area contributed by atoms with Crippen LogP contribution in [0.3, 0.4) is 0 Å². The minimum Gasteiger partial charge on any atom is -0.325 e. The molecule has 0 bridgehead atoms. The molecule has 1 aliphatic heterocycles. The summed E-state index contributed by atoms with van der Waals surface area (Å²) in [4.78, 5) is 14.6. The Hall–Kier alpha value is -0.810. The Bertz CT molecular complexity index is 476. The highest BCUT2D eigenvalue weighted by Gasteiger charge is 2.19. The fourth-order valence-corrected chi connectivity index (χ4v) is 2.79. The van der Waals surface area contributed by atoms with Crippen LogP contribution in [-0.2, 0) is 11.2 Å². The first-order valence-corrected chi connectivity index (χ1v) is 8.48. The van der Waals surface area contributed by atoms with E-state index in [0.29, 0.717) is 0 Å². The molecule has 4 nitrogen and oxygen atoms in total. The van der Waals surface area contributed by atoms with E-state index in [1.54, 1.807) is 0 Å². The number of nitrogens with zero attached hydrogens (tertiary/aromatic N) is 1. The summed E-state index contributed by atoms with van der Waals surface area (Å²) >= 11 is 0. The molecule has 2 unspecified atom stereocenters. The number of carbonyl (C=O) groups excluding carboxylic acids is 1. The van der Waals surface area contributed by atoms with Crippen LogP contribution in [0, 0.1) is 5.92 Å². The molecule has 6 heteroatoms. The molecule has 2 atom stereocenters. The lowest BCUT2D eigenvalue weighted by atomic mass is 9.99.